The van der Waals surface area contributed by atoms with Crippen LogP contribution in [0.25, 0.3) is 5.57 Å². The number of amides is 4. The average Bonchev–Trinajstić information content (AvgIpc) is 3.26. The summed E-state index contributed by atoms with van der Waals surface area (Å²) in [7, 11) is 0. The lowest BCUT2D eigenvalue weighted by Gasteiger charge is -2.34. The van der Waals surface area contributed by atoms with Crippen molar-refractivity contribution < 1.29 is 23.5 Å². The first kappa shape index (κ1) is 27.2. The summed E-state index contributed by atoms with van der Waals surface area (Å²) >= 11 is 0. The van der Waals surface area contributed by atoms with E-state index in [9.17, 15) is 18.8 Å². The first-order chi connectivity index (χ1) is 17.8. The van der Waals surface area contributed by atoms with Crippen LogP contribution in [-0.2, 0) is 22.6 Å². The monoisotopic (exact) mass is 522 g/mol. The van der Waals surface area contributed by atoms with Gasteiger partial charge in [0, 0.05) is 31.9 Å². The molecule has 0 atom stereocenters. The Bertz CT molecular complexity index is 1260. The van der Waals surface area contributed by atoms with Gasteiger partial charge in [-0.05, 0) is 87.6 Å². The molecule has 0 unspecified atom stereocenters. The van der Waals surface area contributed by atoms with Crippen LogP contribution in [0.1, 0.15) is 57.7 Å². The highest BCUT2D eigenvalue weighted by Crippen LogP contribution is 2.27. The Labute approximate surface area is 222 Å². The van der Waals surface area contributed by atoms with E-state index < -0.39 is 17.2 Å². The van der Waals surface area contributed by atoms with E-state index in [4.69, 9.17) is 4.74 Å². The van der Waals surface area contributed by atoms with Crippen LogP contribution in [0.3, 0.4) is 0 Å². The number of benzene rings is 2. The molecule has 2 N–H and O–H groups in total. The Balaban J connectivity index is 1.31. The van der Waals surface area contributed by atoms with Crippen LogP contribution in [0.2, 0.25) is 0 Å². The van der Waals surface area contributed by atoms with Gasteiger partial charge in [0.2, 0.25) is 5.91 Å². The number of rotatable bonds is 4. The summed E-state index contributed by atoms with van der Waals surface area (Å²) in [6.45, 7) is 10.4. The van der Waals surface area contributed by atoms with Crippen LogP contribution in [0.5, 0.6) is 0 Å². The maximum atomic E-state index is 13.5. The lowest BCUT2D eigenvalue weighted by atomic mass is 9.97. The van der Waals surface area contributed by atoms with Crippen molar-refractivity contribution >= 4 is 29.3 Å². The molecule has 0 aromatic heterocycles. The number of hydrogen-bond acceptors (Lipinski definition) is 4. The zero-order valence-corrected chi connectivity index (χ0v) is 22.6. The molecule has 9 heteroatoms. The van der Waals surface area contributed by atoms with Crippen molar-refractivity contribution in [3.05, 3.63) is 71.0 Å². The molecule has 0 saturated heterocycles. The van der Waals surface area contributed by atoms with E-state index in [-0.39, 0.29) is 17.8 Å². The summed E-state index contributed by atoms with van der Waals surface area (Å²) in [6.07, 6.45) is 2.06. The molecule has 0 saturated carbocycles. The number of alkyl carbamates (subject to hydrolysis) is 1. The van der Waals surface area contributed by atoms with Gasteiger partial charge in [-0.15, -0.1) is 0 Å². The number of nitrogens with zero attached hydrogens (tertiary/aromatic N) is 2. The maximum absolute atomic E-state index is 13.5. The van der Waals surface area contributed by atoms with E-state index in [1.54, 1.807) is 50.5 Å². The van der Waals surface area contributed by atoms with Crippen LogP contribution in [0, 0.1) is 5.82 Å². The van der Waals surface area contributed by atoms with Crippen molar-refractivity contribution in [1.82, 2.24) is 15.1 Å². The SMILES string of the molecule is CC(C)(C)OC(=O)NC(C)(C)C(=O)N1CC=C(c2ccc(NC(=O)N3Cc4ccc(F)cc4C3)cc2)CC1. The topological polar surface area (TPSA) is 91.0 Å². The molecule has 8 nitrogen and oxygen atoms in total. The minimum absolute atomic E-state index is 0.177. The molecule has 4 rings (SSSR count). The molecule has 2 heterocycles. The number of urea groups is 1. The zero-order valence-electron chi connectivity index (χ0n) is 22.6. The normalized spacial score (nSPS) is 15.5. The minimum Gasteiger partial charge on any atom is -0.444 e. The third-order valence-electron chi connectivity index (χ3n) is 6.53. The van der Waals surface area contributed by atoms with Crippen LogP contribution in [-0.4, -0.2) is 52.1 Å². The molecule has 2 aromatic rings. The number of halogens is 1. The van der Waals surface area contributed by atoms with E-state index in [2.05, 4.69) is 10.6 Å². The molecule has 38 heavy (non-hydrogen) atoms. The zero-order chi connectivity index (χ0) is 27.7. The number of ether oxygens (including phenoxy) is 1. The predicted octanol–water partition coefficient (Wildman–Crippen LogP) is 5.29. The molecule has 2 aromatic carbocycles. The second kappa shape index (κ2) is 10.5. The van der Waals surface area contributed by atoms with Crippen molar-refractivity contribution in [3.8, 4) is 0 Å². The lowest BCUT2D eigenvalue weighted by molar-refractivity contribution is -0.136. The average molecular weight is 523 g/mol. The van der Waals surface area contributed by atoms with Crippen molar-refractivity contribution in [2.45, 2.75) is 65.3 Å². The highest BCUT2D eigenvalue weighted by atomic mass is 19.1. The Morgan fingerprint density at radius 3 is 2.24 bits per heavy atom. The van der Waals surface area contributed by atoms with Crippen molar-refractivity contribution in [2.75, 3.05) is 18.4 Å². The number of carbonyl (C=O) groups excluding carboxylic acids is 3. The van der Waals surface area contributed by atoms with E-state index in [1.807, 2.05) is 30.3 Å². The van der Waals surface area contributed by atoms with Gasteiger partial charge >= 0.3 is 12.1 Å². The number of anilines is 1. The smallest absolute Gasteiger partial charge is 0.408 e. The molecular formula is C29H35FN4O4. The van der Waals surface area contributed by atoms with Gasteiger partial charge in [0.1, 0.15) is 17.0 Å². The lowest BCUT2D eigenvalue weighted by Crippen LogP contribution is -2.57. The fourth-order valence-corrected chi connectivity index (χ4v) is 4.60. The largest absolute Gasteiger partial charge is 0.444 e. The summed E-state index contributed by atoms with van der Waals surface area (Å²) in [5, 5.41) is 5.58. The van der Waals surface area contributed by atoms with Gasteiger partial charge < -0.3 is 25.2 Å². The molecular weight excluding hydrogens is 487 g/mol. The van der Waals surface area contributed by atoms with Gasteiger partial charge in [-0.25, -0.2) is 14.0 Å². The second-order valence-electron chi connectivity index (χ2n) is 11.3. The molecule has 2 aliphatic rings. The summed E-state index contributed by atoms with van der Waals surface area (Å²) < 4.78 is 18.8. The van der Waals surface area contributed by atoms with Crippen molar-refractivity contribution in [3.63, 3.8) is 0 Å². The fraction of sp³-hybridized carbons (Fsp3) is 0.414. The summed E-state index contributed by atoms with van der Waals surface area (Å²) in [4.78, 5) is 41.3. The highest BCUT2D eigenvalue weighted by Gasteiger charge is 2.35. The number of hydrogen-bond donors (Lipinski definition) is 2. The van der Waals surface area contributed by atoms with Crippen LogP contribution in [0.4, 0.5) is 19.7 Å². The molecule has 0 spiro atoms. The first-order valence-corrected chi connectivity index (χ1v) is 12.7. The number of nitrogens with one attached hydrogen (secondary N) is 2. The second-order valence-corrected chi connectivity index (χ2v) is 11.3. The maximum Gasteiger partial charge on any atom is 0.408 e. The minimum atomic E-state index is -1.10. The standard InChI is InChI=1S/C29H35FN4O4/c1-28(2,3)38-27(37)32-29(4,5)25(35)33-14-12-20(13-15-33)19-7-10-24(11-8-19)31-26(36)34-17-21-6-9-23(30)16-22(21)18-34/h6-12,16H,13-15,17-18H2,1-5H3,(H,31,36)(H,32,37). The van der Waals surface area contributed by atoms with Gasteiger partial charge in [-0.1, -0.05) is 24.3 Å². The Kier molecular flexibility index (Phi) is 7.49. The predicted molar refractivity (Wildman–Crippen MR) is 144 cm³/mol. The van der Waals surface area contributed by atoms with E-state index in [0.29, 0.717) is 38.3 Å². The van der Waals surface area contributed by atoms with Crippen molar-refractivity contribution in [1.29, 1.82) is 0 Å². The molecule has 4 amide bonds. The highest BCUT2D eigenvalue weighted by molar-refractivity contribution is 5.91. The fourth-order valence-electron chi connectivity index (χ4n) is 4.60. The summed E-state index contributed by atoms with van der Waals surface area (Å²) in [5.41, 5.74) is 2.84. The molecule has 0 aliphatic carbocycles. The quantitative estimate of drug-likeness (QED) is 0.571. The Hall–Kier alpha value is -3.88. The van der Waals surface area contributed by atoms with E-state index in [1.165, 1.54) is 12.1 Å². The van der Waals surface area contributed by atoms with E-state index >= 15 is 0 Å². The third-order valence-corrected chi connectivity index (χ3v) is 6.53. The van der Waals surface area contributed by atoms with Gasteiger partial charge in [0.25, 0.3) is 0 Å². The van der Waals surface area contributed by atoms with Gasteiger partial charge in [-0.2, -0.15) is 0 Å². The first-order valence-electron chi connectivity index (χ1n) is 12.7. The molecule has 2 aliphatic heterocycles. The van der Waals surface area contributed by atoms with E-state index in [0.717, 1.165) is 22.3 Å². The van der Waals surface area contributed by atoms with Gasteiger partial charge in [0.15, 0.2) is 0 Å². The van der Waals surface area contributed by atoms with Crippen LogP contribution >= 0.6 is 0 Å². The van der Waals surface area contributed by atoms with Gasteiger partial charge in [0.05, 0.1) is 0 Å². The number of carbonyl (C=O) groups is 3. The molecule has 0 bridgehead atoms. The van der Waals surface area contributed by atoms with Crippen molar-refractivity contribution in [2.24, 2.45) is 0 Å². The van der Waals surface area contributed by atoms with Crippen LogP contribution in [0.15, 0.2) is 48.5 Å². The Morgan fingerprint density at radius 1 is 0.921 bits per heavy atom. The molecule has 0 fully saturated rings. The number of fused-ring (bicyclic) bond motifs is 1. The van der Waals surface area contributed by atoms with Gasteiger partial charge in [-0.3, -0.25) is 4.79 Å². The summed E-state index contributed by atoms with van der Waals surface area (Å²) in [5.74, 6) is -0.476. The molecule has 202 valence electrons. The van der Waals surface area contributed by atoms with Crippen LogP contribution < -0.4 is 10.6 Å². The summed E-state index contributed by atoms with van der Waals surface area (Å²) in [6, 6.07) is 12.0. The third kappa shape index (κ3) is 6.51. The molecule has 0 radical (unpaired) electrons. The Morgan fingerprint density at radius 2 is 1.61 bits per heavy atom.